The summed E-state index contributed by atoms with van der Waals surface area (Å²) in [5.74, 6) is -0.959. The molecule has 1 aliphatic carbocycles. The lowest BCUT2D eigenvalue weighted by Crippen LogP contribution is -2.39. The molecule has 0 aliphatic heterocycles. The molecule has 76 valence electrons. The second-order valence-corrected chi connectivity index (χ2v) is 5.72. The summed E-state index contributed by atoms with van der Waals surface area (Å²) in [6.07, 6.45) is 2.97. The van der Waals surface area contributed by atoms with E-state index in [1.807, 2.05) is 13.8 Å². The zero-order chi connectivity index (χ0) is 10.0. The van der Waals surface area contributed by atoms with Crippen molar-refractivity contribution in [2.24, 2.45) is 5.92 Å². The lowest BCUT2D eigenvalue weighted by atomic mass is 10.00. The van der Waals surface area contributed by atoms with Crippen molar-refractivity contribution in [1.29, 1.82) is 0 Å². The SMILES string of the molecule is CC(C)C(C(=O)O)S(=O)C1CCC1. The number of hydrogen-bond acceptors (Lipinski definition) is 2. The highest BCUT2D eigenvalue weighted by molar-refractivity contribution is 7.87. The van der Waals surface area contributed by atoms with Gasteiger partial charge in [0.2, 0.25) is 0 Å². The predicted octanol–water partition coefficient (Wildman–Crippen LogP) is 1.40. The second-order valence-electron chi connectivity index (χ2n) is 3.88. The van der Waals surface area contributed by atoms with Gasteiger partial charge in [0.25, 0.3) is 0 Å². The normalized spacial score (nSPS) is 22.4. The second kappa shape index (κ2) is 4.22. The summed E-state index contributed by atoms with van der Waals surface area (Å²) in [5.41, 5.74) is 0. The highest BCUT2D eigenvalue weighted by atomic mass is 32.2. The molecule has 0 spiro atoms. The van der Waals surface area contributed by atoms with Gasteiger partial charge in [-0.25, -0.2) is 0 Å². The smallest absolute Gasteiger partial charge is 0.319 e. The van der Waals surface area contributed by atoms with Gasteiger partial charge in [0.1, 0.15) is 5.25 Å². The van der Waals surface area contributed by atoms with Gasteiger partial charge in [0, 0.05) is 16.0 Å². The minimum Gasteiger partial charge on any atom is -0.480 e. The van der Waals surface area contributed by atoms with Crippen LogP contribution in [0.5, 0.6) is 0 Å². The fourth-order valence-corrected chi connectivity index (χ4v) is 3.41. The maximum Gasteiger partial charge on any atom is 0.319 e. The Morgan fingerprint density at radius 3 is 2.23 bits per heavy atom. The Morgan fingerprint density at radius 1 is 1.46 bits per heavy atom. The quantitative estimate of drug-likeness (QED) is 0.753. The van der Waals surface area contributed by atoms with E-state index in [0.29, 0.717) is 0 Å². The summed E-state index contributed by atoms with van der Waals surface area (Å²) in [6.45, 7) is 3.63. The maximum absolute atomic E-state index is 11.7. The van der Waals surface area contributed by atoms with Crippen LogP contribution in [0.25, 0.3) is 0 Å². The lowest BCUT2D eigenvalue weighted by molar-refractivity contribution is -0.137. The molecule has 1 saturated carbocycles. The van der Waals surface area contributed by atoms with Crippen LogP contribution in [0.1, 0.15) is 33.1 Å². The van der Waals surface area contributed by atoms with Crippen molar-refractivity contribution in [1.82, 2.24) is 0 Å². The average Bonchev–Trinajstić information content (AvgIpc) is 1.79. The Labute approximate surface area is 81.0 Å². The first kappa shape index (κ1) is 10.7. The maximum atomic E-state index is 11.7. The van der Waals surface area contributed by atoms with Crippen molar-refractivity contribution < 1.29 is 14.1 Å². The van der Waals surface area contributed by atoms with E-state index < -0.39 is 22.0 Å². The predicted molar refractivity (Wildman–Crippen MR) is 52.0 cm³/mol. The van der Waals surface area contributed by atoms with Gasteiger partial charge in [-0.15, -0.1) is 0 Å². The lowest BCUT2D eigenvalue weighted by Gasteiger charge is -2.28. The van der Waals surface area contributed by atoms with E-state index in [4.69, 9.17) is 5.11 Å². The number of carboxylic acid groups (broad SMARTS) is 1. The molecule has 3 nitrogen and oxygen atoms in total. The molecule has 0 radical (unpaired) electrons. The average molecular weight is 204 g/mol. The topological polar surface area (TPSA) is 54.4 Å². The zero-order valence-corrected chi connectivity index (χ0v) is 8.84. The Kier molecular flexibility index (Phi) is 3.47. The van der Waals surface area contributed by atoms with E-state index >= 15 is 0 Å². The summed E-state index contributed by atoms with van der Waals surface area (Å²) >= 11 is 0. The molecule has 0 amide bonds. The minimum atomic E-state index is -1.18. The van der Waals surface area contributed by atoms with Crippen LogP contribution < -0.4 is 0 Å². The molecule has 0 bridgehead atoms. The molecular weight excluding hydrogens is 188 g/mol. The van der Waals surface area contributed by atoms with Crippen LogP contribution in [0.15, 0.2) is 0 Å². The Bertz CT molecular complexity index is 221. The van der Waals surface area contributed by atoms with Gasteiger partial charge in [-0.3, -0.25) is 9.00 Å². The Morgan fingerprint density at radius 2 is 2.00 bits per heavy atom. The summed E-state index contributed by atoms with van der Waals surface area (Å²) in [4.78, 5) is 10.8. The molecule has 0 aromatic carbocycles. The number of hydrogen-bond donors (Lipinski definition) is 1. The highest BCUT2D eigenvalue weighted by Gasteiger charge is 2.35. The van der Waals surface area contributed by atoms with Crippen LogP contribution in [0.2, 0.25) is 0 Å². The third-order valence-corrected chi connectivity index (χ3v) is 4.85. The third-order valence-electron chi connectivity index (χ3n) is 2.48. The van der Waals surface area contributed by atoms with Gasteiger partial charge in [-0.2, -0.15) is 0 Å². The van der Waals surface area contributed by atoms with Crippen LogP contribution in [0.4, 0.5) is 0 Å². The van der Waals surface area contributed by atoms with E-state index in [0.717, 1.165) is 19.3 Å². The molecular formula is C9H16O3S. The summed E-state index contributed by atoms with van der Waals surface area (Å²) in [5, 5.41) is 8.36. The number of aliphatic carboxylic acids is 1. The monoisotopic (exact) mass is 204 g/mol. The fourth-order valence-electron chi connectivity index (χ4n) is 1.46. The highest BCUT2D eigenvalue weighted by Crippen LogP contribution is 2.28. The van der Waals surface area contributed by atoms with Crippen molar-refractivity contribution in [2.75, 3.05) is 0 Å². The Balaban J connectivity index is 2.63. The molecule has 0 saturated heterocycles. The van der Waals surface area contributed by atoms with Crippen LogP contribution in [0, 0.1) is 5.92 Å². The first-order valence-corrected chi connectivity index (χ1v) is 5.94. The van der Waals surface area contributed by atoms with E-state index in [1.54, 1.807) is 0 Å². The molecule has 0 aromatic rings. The summed E-state index contributed by atoms with van der Waals surface area (Å²) < 4.78 is 11.7. The van der Waals surface area contributed by atoms with Crippen molar-refractivity contribution in [3.8, 4) is 0 Å². The number of carbonyl (C=O) groups is 1. The van der Waals surface area contributed by atoms with Gasteiger partial charge in [0.05, 0.1) is 0 Å². The van der Waals surface area contributed by atoms with Gasteiger partial charge in [-0.05, 0) is 18.8 Å². The van der Waals surface area contributed by atoms with Crippen LogP contribution >= 0.6 is 0 Å². The molecule has 1 N–H and O–H groups in total. The molecule has 1 rings (SSSR count). The van der Waals surface area contributed by atoms with E-state index in [9.17, 15) is 9.00 Å². The molecule has 2 atom stereocenters. The molecule has 0 aromatic heterocycles. The van der Waals surface area contributed by atoms with Crippen molar-refractivity contribution in [2.45, 2.75) is 43.6 Å². The standard InChI is InChI=1S/C9H16O3S/c1-6(2)8(9(10)11)13(12)7-4-3-5-7/h6-8H,3-5H2,1-2H3,(H,10,11). The third kappa shape index (κ3) is 2.30. The van der Waals surface area contributed by atoms with Crippen molar-refractivity contribution in [3.05, 3.63) is 0 Å². The number of rotatable bonds is 4. The number of carboxylic acids is 1. The van der Waals surface area contributed by atoms with Crippen molar-refractivity contribution in [3.63, 3.8) is 0 Å². The van der Waals surface area contributed by atoms with E-state index in [-0.39, 0.29) is 11.2 Å². The summed E-state index contributed by atoms with van der Waals surface area (Å²) in [7, 11) is -1.18. The van der Waals surface area contributed by atoms with Gasteiger partial charge >= 0.3 is 5.97 Å². The van der Waals surface area contributed by atoms with E-state index in [1.165, 1.54) is 0 Å². The van der Waals surface area contributed by atoms with Crippen LogP contribution in [0.3, 0.4) is 0 Å². The van der Waals surface area contributed by atoms with Gasteiger partial charge in [0.15, 0.2) is 0 Å². The van der Waals surface area contributed by atoms with Gasteiger partial charge < -0.3 is 5.11 Å². The first-order chi connectivity index (χ1) is 6.04. The first-order valence-electron chi connectivity index (χ1n) is 4.66. The minimum absolute atomic E-state index is 0.0427. The Hall–Kier alpha value is -0.380. The van der Waals surface area contributed by atoms with Crippen LogP contribution in [-0.4, -0.2) is 25.8 Å². The largest absolute Gasteiger partial charge is 0.480 e. The summed E-state index contributed by atoms with van der Waals surface area (Å²) in [6, 6.07) is 0. The molecule has 1 fully saturated rings. The fraction of sp³-hybridized carbons (Fsp3) is 0.889. The van der Waals surface area contributed by atoms with Crippen LogP contribution in [-0.2, 0) is 15.6 Å². The van der Waals surface area contributed by atoms with E-state index in [2.05, 4.69) is 0 Å². The molecule has 1 aliphatic rings. The molecule has 4 heteroatoms. The molecule has 0 heterocycles. The molecule has 2 unspecified atom stereocenters. The van der Waals surface area contributed by atoms with Crippen molar-refractivity contribution >= 4 is 16.8 Å². The van der Waals surface area contributed by atoms with Gasteiger partial charge in [-0.1, -0.05) is 20.3 Å². The zero-order valence-electron chi connectivity index (χ0n) is 8.03. The molecule has 13 heavy (non-hydrogen) atoms.